The molecule has 21 heavy (non-hydrogen) atoms. The summed E-state index contributed by atoms with van der Waals surface area (Å²) >= 11 is 0. The van der Waals surface area contributed by atoms with Crippen LogP contribution in [0.5, 0.6) is 0 Å². The van der Waals surface area contributed by atoms with Gasteiger partial charge in [-0.1, -0.05) is 18.2 Å². The van der Waals surface area contributed by atoms with E-state index < -0.39 is 0 Å². The molecule has 1 aromatic heterocycles. The Bertz CT molecular complexity index is 627. The molecule has 1 saturated heterocycles. The summed E-state index contributed by atoms with van der Waals surface area (Å²) in [5.74, 6) is 0.223. The molecule has 0 spiro atoms. The van der Waals surface area contributed by atoms with E-state index in [4.69, 9.17) is 0 Å². The van der Waals surface area contributed by atoms with E-state index in [1.807, 2.05) is 42.3 Å². The third-order valence-corrected chi connectivity index (χ3v) is 4.33. The summed E-state index contributed by atoms with van der Waals surface area (Å²) in [6.45, 7) is 1.71. The summed E-state index contributed by atoms with van der Waals surface area (Å²) in [6, 6.07) is 10.5. The van der Waals surface area contributed by atoms with Gasteiger partial charge in [0.2, 0.25) is 5.91 Å². The zero-order valence-electron chi connectivity index (χ0n) is 12.4. The lowest BCUT2D eigenvalue weighted by Gasteiger charge is -2.32. The van der Waals surface area contributed by atoms with Gasteiger partial charge in [0.1, 0.15) is 0 Å². The molecule has 110 valence electrons. The van der Waals surface area contributed by atoms with Crippen molar-refractivity contribution in [2.75, 3.05) is 20.1 Å². The van der Waals surface area contributed by atoms with Crippen LogP contribution in [0, 0.1) is 0 Å². The van der Waals surface area contributed by atoms with Gasteiger partial charge >= 0.3 is 0 Å². The number of rotatable bonds is 3. The third-order valence-electron chi connectivity index (χ3n) is 4.33. The number of carbonyl (C=O) groups excluding carboxylic acids is 1. The molecule has 2 aromatic rings. The van der Waals surface area contributed by atoms with Crippen LogP contribution in [0.4, 0.5) is 0 Å². The van der Waals surface area contributed by atoms with Gasteiger partial charge in [0.25, 0.3) is 0 Å². The van der Waals surface area contributed by atoms with E-state index >= 15 is 0 Å². The number of aromatic nitrogens is 1. The fourth-order valence-electron chi connectivity index (χ4n) is 3.01. The monoisotopic (exact) mass is 283 g/mol. The molecule has 2 heterocycles. The van der Waals surface area contributed by atoms with E-state index in [-0.39, 0.29) is 5.91 Å². The molecule has 0 atom stereocenters. The number of likely N-dealkylation sites (tertiary alicyclic amines) is 1. The van der Waals surface area contributed by atoms with Crippen LogP contribution >= 0.6 is 0 Å². The molecule has 0 radical (unpaired) electrons. The van der Waals surface area contributed by atoms with Gasteiger partial charge < -0.3 is 10.2 Å². The van der Waals surface area contributed by atoms with Crippen molar-refractivity contribution in [1.82, 2.24) is 15.2 Å². The maximum Gasteiger partial charge on any atom is 0.227 e. The predicted octanol–water partition coefficient (Wildman–Crippen LogP) is 1.99. The molecule has 1 aromatic carbocycles. The molecule has 4 heteroatoms. The Morgan fingerprint density at radius 3 is 2.86 bits per heavy atom. The Morgan fingerprint density at radius 2 is 2.10 bits per heavy atom. The summed E-state index contributed by atoms with van der Waals surface area (Å²) in [5.41, 5.74) is 2.03. The number of piperidine rings is 1. The van der Waals surface area contributed by atoms with Crippen molar-refractivity contribution >= 4 is 16.8 Å². The topological polar surface area (TPSA) is 45.2 Å². The smallest absolute Gasteiger partial charge is 0.227 e. The number of nitrogens with one attached hydrogen (secondary N) is 1. The first-order valence-electron chi connectivity index (χ1n) is 7.55. The third kappa shape index (κ3) is 3.05. The van der Waals surface area contributed by atoms with Gasteiger partial charge in [-0.25, -0.2) is 0 Å². The van der Waals surface area contributed by atoms with Crippen LogP contribution in [0.25, 0.3) is 10.9 Å². The molecule has 0 bridgehead atoms. The van der Waals surface area contributed by atoms with E-state index in [9.17, 15) is 4.79 Å². The van der Waals surface area contributed by atoms with Crippen LogP contribution in [0.3, 0.4) is 0 Å². The van der Waals surface area contributed by atoms with Crippen molar-refractivity contribution in [2.24, 2.45) is 0 Å². The highest BCUT2D eigenvalue weighted by atomic mass is 16.2. The molecule has 1 aliphatic heterocycles. The van der Waals surface area contributed by atoms with Gasteiger partial charge in [-0.15, -0.1) is 0 Å². The SMILES string of the molecule is CNC1CCN(C(=O)Cc2cccc3ncccc23)CC1. The summed E-state index contributed by atoms with van der Waals surface area (Å²) < 4.78 is 0. The van der Waals surface area contributed by atoms with E-state index in [1.54, 1.807) is 6.20 Å². The van der Waals surface area contributed by atoms with Crippen molar-refractivity contribution in [3.63, 3.8) is 0 Å². The summed E-state index contributed by atoms with van der Waals surface area (Å²) in [5, 5.41) is 4.37. The lowest BCUT2D eigenvalue weighted by atomic mass is 10.0. The minimum atomic E-state index is 0.223. The van der Waals surface area contributed by atoms with Crippen molar-refractivity contribution in [2.45, 2.75) is 25.3 Å². The molecule has 1 fully saturated rings. The number of carbonyl (C=O) groups is 1. The molecule has 1 amide bonds. The minimum Gasteiger partial charge on any atom is -0.342 e. The van der Waals surface area contributed by atoms with Gasteiger partial charge in [0.05, 0.1) is 11.9 Å². The van der Waals surface area contributed by atoms with Crippen molar-refractivity contribution in [3.05, 3.63) is 42.1 Å². The number of fused-ring (bicyclic) bond motifs is 1. The van der Waals surface area contributed by atoms with Crippen LogP contribution in [0.2, 0.25) is 0 Å². The molecular weight excluding hydrogens is 262 g/mol. The first kappa shape index (κ1) is 14.0. The zero-order chi connectivity index (χ0) is 14.7. The van der Waals surface area contributed by atoms with Crippen molar-refractivity contribution in [3.8, 4) is 0 Å². The molecule has 0 aliphatic carbocycles. The normalized spacial score (nSPS) is 16.3. The maximum atomic E-state index is 12.5. The van der Waals surface area contributed by atoms with Crippen LogP contribution in [-0.2, 0) is 11.2 Å². The van der Waals surface area contributed by atoms with Crippen molar-refractivity contribution < 1.29 is 4.79 Å². The maximum absolute atomic E-state index is 12.5. The van der Waals surface area contributed by atoms with Gasteiger partial charge in [-0.05, 0) is 37.6 Å². The van der Waals surface area contributed by atoms with Crippen molar-refractivity contribution in [1.29, 1.82) is 0 Å². The largest absolute Gasteiger partial charge is 0.342 e. The summed E-state index contributed by atoms with van der Waals surface area (Å²) in [4.78, 5) is 18.8. The first-order chi connectivity index (χ1) is 10.3. The Kier molecular flexibility index (Phi) is 4.15. The molecule has 1 N–H and O–H groups in total. The highest BCUT2D eigenvalue weighted by molar-refractivity contribution is 5.88. The second kappa shape index (κ2) is 6.22. The lowest BCUT2D eigenvalue weighted by molar-refractivity contribution is -0.131. The van der Waals surface area contributed by atoms with Gasteiger partial charge in [-0.2, -0.15) is 0 Å². The van der Waals surface area contributed by atoms with E-state index in [1.165, 1.54) is 0 Å². The standard InChI is InChI=1S/C17H21N3O/c1-18-14-7-10-20(11-8-14)17(21)12-13-4-2-6-16-15(13)5-3-9-19-16/h2-6,9,14,18H,7-8,10-12H2,1H3. The van der Waals surface area contributed by atoms with E-state index in [2.05, 4.69) is 10.3 Å². The van der Waals surface area contributed by atoms with Crippen LogP contribution in [0.1, 0.15) is 18.4 Å². The molecule has 0 unspecified atom stereocenters. The number of hydrogen-bond acceptors (Lipinski definition) is 3. The van der Waals surface area contributed by atoms with Gasteiger partial charge in [-0.3, -0.25) is 9.78 Å². The fourth-order valence-corrected chi connectivity index (χ4v) is 3.01. The Hall–Kier alpha value is -1.94. The second-order valence-electron chi connectivity index (χ2n) is 5.61. The summed E-state index contributed by atoms with van der Waals surface area (Å²) in [6.07, 6.45) is 4.34. The molecule has 0 saturated carbocycles. The van der Waals surface area contributed by atoms with Gasteiger partial charge in [0.15, 0.2) is 0 Å². The number of benzene rings is 1. The number of nitrogens with zero attached hydrogens (tertiary/aromatic N) is 2. The fraction of sp³-hybridized carbons (Fsp3) is 0.412. The molecule has 3 rings (SSSR count). The number of hydrogen-bond donors (Lipinski definition) is 1. The first-order valence-corrected chi connectivity index (χ1v) is 7.55. The van der Waals surface area contributed by atoms with Crippen LogP contribution in [-0.4, -0.2) is 42.0 Å². The average molecular weight is 283 g/mol. The minimum absolute atomic E-state index is 0.223. The van der Waals surface area contributed by atoms with Crippen LogP contribution < -0.4 is 5.32 Å². The zero-order valence-corrected chi connectivity index (χ0v) is 12.4. The summed E-state index contributed by atoms with van der Waals surface area (Å²) in [7, 11) is 1.99. The van der Waals surface area contributed by atoms with Gasteiger partial charge in [0, 0.05) is 30.7 Å². The molecule has 4 nitrogen and oxygen atoms in total. The lowest BCUT2D eigenvalue weighted by Crippen LogP contribution is -2.44. The predicted molar refractivity (Wildman–Crippen MR) is 84.1 cm³/mol. The average Bonchev–Trinajstić information content (AvgIpc) is 2.55. The number of amides is 1. The van der Waals surface area contributed by atoms with E-state index in [0.717, 1.165) is 42.4 Å². The molecule has 1 aliphatic rings. The highest BCUT2D eigenvalue weighted by Gasteiger charge is 2.22. The van der Waals surface area contributed by atoms with Crippen LogP contribution in [0.15, 0.2) is 36.5 Å². The van der Waals surface area contributed by atoms with E-state index in [0.29, 0.717) is 12.5 Å². The highest BCUT2D eigenvalue weighted by Crippen LogP contribution is 2.18. The second-order valence-corrected chi connectivity index (χ2v) is 5.61. The Labute approximate surface area is 125 Å². The Morgan fingerprint density at radius 1 is 1.29 bits per heavy atom. The Balaban J connectivity index is 1.72. The quantitative estimate of drug-likeness (QED) is 0.937. The molecular formula is C17H21N3O. The number of pyridine rings is 1.